The van der Waals surface area contributed by atoms with Crippen LogP contribution >= 0.6 is 0 Å². The van der Waals surface area contributed by atoms with E-state index in [0.29, 0.717) is 26.1 Å². The van der Waals surface area contributed by atoms with Gasteiger partial charge in [0.05, 0.1) is 0 Å². The Morgan fingerprint density at radius 2 is 2.47 bits per heavy atom. The lowest BCUT2D eigenvalue weighted by Crippen LogP contribution is -2.53. The lowest BCUT2D eigenvalue weighted by atomic mass is 10.1. The van der Waals surface area contributed by atoms with Crippen LogP contribution in [0.3, 0.4) is 0 Å². The first-order valence-corrected chi connectivity index (χ1v) is 5.14. The first-order chi connectivity index (χ1) is 7.15. The van der Waals surface area contributed by atoms with Gasteiger partial charge in [0.15, 0.2) is 0 Å². The Balaban J connectivity index is 2.39. The summed E-state index contributed by atoms with van der Waals surface area (Å²) in [5.74, 6) is -0.101. The molecule has 6 heteroatoms. The van der Waals surface area contributed by atoms with Crippen molar-refractivity contribution >= 4 is 11.9 Å². The average Bonchev–Trinajstić information content (AvgIpc) is 2.21. The zero-order chi connectivity index (χ0) is 11.3. The summed E-state index contributed by atoms with van der Waals surface area (Å²) in [5.41, 5.74) is 5.33. The van der Waals surface area contributed by atoms with Crippen LogP contribution in [0, 0.1) is 0 Å². The first kappa shape index (κ1) is 11.8. The van der Waals surface area contributed by atoms with E-state index in [2.05, 4.69) is 10.6 Å². The Morgan fingerprint density at radius 3 is 3.07 bits per heavy atom. The molecule has 1 saturated heterocycles. The lowest BCUT2D eigenvalue weighted by molar-refractivity contribution is -0.124. The van der Waals surface area contributed by atoms with Gasteiger partial charge in [0.1, 0.15) is 6.04 Å². The molecule has 1 fully saturated rings. The predicted octanol–water partition coefficient (Wildman–Crippen LogP) is -1.13. The fourth-order valence-corrected chi connectivity index (χ4v) is 1.46. The zero-order valence-corrected chi connectivity index (χ0v) is 8.95. The van der Waals surface area contributed by atoms with Gasteiger partial charge in [-0.2, -0.15) is 0 Å². The molecule has 0 radical (unpaired) electrons. The number of amides is 3. The van der Waals surface area contributed by atoms with Gasteiger partial charge >= 0.3 is 6.03 Å². The van der Waals surface area contributed by atoms with E-state index >= 15 is 0 Å². The summed E-state index contributed by atoms with van der Waals surface area (Å²) in [4.78, 5) is 24.3. The highest BCUT2D eigenvalue weighted by Crippen LogP contribution is 2.03. The Kier molecular flexibility index (Phi) is 4.36. The highest BCUT2D eigenvalue weighted by Gasteiger charge is 2.24. The molecule has 3 amide bonds. The molecule has 86 valence electrons. The van der Waals surface area contributed by atoms with Crippen LogP contribution in [0.5, 0.6) is 0 Å². The van der Waals surface area contributed by atoms with Gasteiger partial charge in [-0.25, -0.2) is 4.79 Å². The van der Waals surface area contributed by atoms with Crippen LogP contribution in [0.25, 0.3) is 0 Å². The van der Waals surface area contributed by atoms with Crippen LogP contribution in [-0.2, 0) is 4.79 Å². The second kappa shape index (κ2) is 5.55. The highest BCUT2D eigenvalue weighted by molar-refractivity contribution is 5.87. The summed E-state index contributed by atoms with van der Waals surface area (Å²) in [5, 5.41) is 5.38. The lowest BCUT2D eigenvalue weighted by Gasteiger charge is -2.25. The molecule has 1 unspecified atom stereocenters. The van der Waals surface area contributed by atoms with Crippen LogP contribution in [-0.4, -0.2) is 49.6 Å². The van der Waals surface area contributed by atoms with Crippen molar-refractivity contribution in [3.8, 4) is 0 Å². The Hall–Kier alpha value is -1.30. The number of carbonyl (C=O) groups excluding carboxylic acids is 2. The minimum Gasteiger partial charge on any atom is -0.354 e. The van der Waals surface area contributed by atoms with E-state index in [9.17, 15) is 9.59 Å². The number of nitrogens with two attached hydrogens (primary N) is 1. The predicted molar refractivity (Wildman–Crippen MR) is 56.2 cm³/mol. The van der Waals surface area contributed by atoms with E-state index in [1.54, 1.807) is 7.05 Å². The van der Waals surface area contributed by atoms with Crippen molar-refractivity contribution in [2.24, 2.45) is 5.73 Å². The first-order valence-electron chi connectivity index (χ1n) is 5.14. The molecular formula is C9H18N4O2. The zero-order valence-electron chi connectivity index (χ0n) is 8.95. The Morgan fingerprint density at radius 1 is 1.73 bits per heavy atom. The van der Waals surface area contributed by atoms with Gasteiger partial charge in [0, 0.05) is 26.7 Å². The topological polar surface area (TPSA) is 87.5 Å². The molecule has 0 spiro atoms. The summed E-state index contributed by atoms with van der Waals surface area (Å²) in [7, 11) is 1.66. The molecule has 0 aromatic rings. The molecule has 1 aliphatic heterocycles. The van der Waals surface area contributed by atoms with E-state index in [1.165, 1.54) is 4.90 Å². The number of urea groups is 1. The Bertz CT molecular complexity index is 244. The van der Waals surface area contributed by atoms with E-state index < -0.39 is 6.04 Å². The fourth-order valence-electron chi connectivity index (χ4n) is 1.46. The third-order valence-corrected chi connectivity index (χ3v) is 2.39. The van der Waals surface area contributed by atoms with Crippen LogP contribution in [0.4, 0.5) is 4.79 Å². The Labute approximate surface area is 89.2 Å². The van der Waals surface area contributed by atoms with E-state index in [4.69, 9.17) is 5.73 Å². The van der Waals surface area contributed by atoms with Gasteiger partial charge in [-0.3, -0.25) is 4.79 Å². The molecule has 6 nitrogen and oxygen atoms in total. The van der Waals surface area contributed by atoms with E-state index in [-0.39, 0.29) is 11.9 Å². The highest BCUT2D eigenvalue weighted by atomic mass is 16.2. The number of hydrogen-bond donors (Lipinski definition) is 3. The summed E-state index contributed by atoms with van der Waals surface area (Å²) in [6.45, 7) is 1.60. The summed E-state index contributed by atoms with van der Waals surface area (Å²) in [6, 6.07) is -0.644. The molecule has 0 aromatic heterocycles. The van der Waals surface area contributed by atoms with Crippen LogP contribution in [0.2, 0.25) is 0 Å². The molecule has 0 aromatic carbocycles. The van der Waals surface area contributed by atoms with Crippen LogP contribution < -0.4 is 16.4 Å². The van der Waals surface area contributed by atoms with Gasteiger partial charge < -0.3 is 21.3 Å². The SMILES string of the molecule is CN(CCN)C(=O)NC1CCCNC1=O. The molecule has 4 N–H and O–H groups in total. The normalized spacial score (nSPS) is 20.7. The number of piperidine rings is 1. The van der Waals surface area contributed by atoms with Gasteiger partial charge in [-0.1, -0.05) is 0 Å². The third-order valence-electron chi connectivity index (χ3n) is 2.39. The number of likely N-dealkylation sites (N-methyl/N-ethyl adjacent to an activating group) is 1. The molecule has 0 aliphatic carbocycles. The van der Waals surface area contributed by atoms with Crippen molar-refractivity contribution in [2.45, 2.75) is 18.9 Å². The number of hydrogen-bond acceptors (Lipinski definition) is 3. The third kappa shape index (κ3) is 3.39. The molecular weight excluding hydrogens is 196 g/mol. The van der Waals surface area contributed by atoms with Crippen molar-refractivity contribution in [3.05, 3.63) is 0 Å². The molecule has 1 atom stereocenters. The smallest absolute Gasteiger partial charge is 0.317 e. The quantitative estimate of drug-likeness (QED) is 0.555. The molecule has 15 heavy (non-hydrogen) atoms. The number of carbonyl (C=O) groups is 2. The largest absolute Gasteiger partial charge is 0.354 e. The van der Waals surface area contributed by atoms with Gasteiger partial charge in [-0.05, 0) is 12.8 Å². The number of rotatable bonds is 3. The molecule has 0 bridgehead atoms. The second-order valence-corrected chi connectivity index (χ2v) is 3.65. The minimum atomic E-state index is -0.397. The van der Waals surface area contributed by atoms with Crippen molar-refractivity contribution in [1.82, 2.24) is 15.5 Å². The van der Waals surface area contributed by atoms with Crippen molar-refractivity contribution in [2.75, 3.05) is 26.7 Å². The molecule has 1 aliphatic rings. The maximum Gasteiger partial charge on any atom is 0.317 e. The molecule has 1 rings (SSSR count). The standard InChI is InChI=1S/C9H18N4O2/c1-13(6-4-10)9(15)12-7-3-2-5-11-8(7)14/h7H,2-6,10H2,1H3,(H,11,14)(H,12,15). The fraction of sp³-hybridized carbons (Fsp3) is 0.778. The maximum absolute atomic E-state index is 11.5. The van der Waals surface area contributed by atoms with Gasteiger partial charge in [0.2, 0.25) is 5.91 Å². The van der Waals surface area contributed by atoms with Crippen molar-refractivity contribution in [1.29, 1.82) is 0 Å². The van der Waals surface area contributed by atoms with Crippen LogP contribution in [0.1, 0.15) is 12.8 Å². The average molecular weight is 214 g/mol. The molecule has 1 heterocycles. The van der Waals surface area contributed by atoms with Crippen molar-refractivity contribution < 1.29 is 9.59 Å². The monoisotopic (exact) mass is 214 g/mol. The second-order valence-electron chi connectivity index (χ2n) is 3.65. The van der Waals surface area contributed by atoms with Crippen molar-refractivity contribution in [3.63, 3.8) is 0 Å². The van der Waals surface area contributed by atoms with E-state index in [0.717, 1.165) is 6.42 Å². The number of nitrogens with one attached hydrogen (secondary N) is 2. The summed E-state index contributed by atoms with van der Waals surface area (Å²) < 4.78 is 0. The summed E-state index contributed by atoms with van der Waals surface area (Å²) >= 11 is 0. The maximum atomic E-state index is 11.5. The van der Waals surface area contributed by atoms with Gasteiger partial charge in [0.25, 0.3) is 0 Å². The van der Waals surface area contributed by atoms with Crippen LogP contribution in [0.15, 0.2) is 0 Å². The minimum absolute atomic E-state index is 0.101. The van der Waals surface area contributed by atoms with Gasteiger partial charge in [-0.15, -0.1) is 0 Å². The van der Waals surface area contributed by atoms with E-state index in [1.807, 2.05) is 0 Å². The summed E-state index contributed by atoms with van der Waals surface area (Å²) in [6.07, 6.45) is 1.60. The molecule has 0 saturated carbocycles. The number of nitrogens with zero attached hydrogens (tertiary/aromatic N) is 1.